The van der Waals surface area contributed by atoms with Crippen molar-refractivity contribution in [1.82, 2.24) is 5.01 Å². The Bertz CT molecular complexity index is 882. The van der Waals surface area contributed by atoms with Crippen molar-refractivity contribution in [2.24, 2.45) is 5.10 Å². The van der Waals surface area contributed by atoms with E-state index in [1.165, 1.54) is 43.5 Å². The van der Waals surface area contributed by atoms with Gasteiger partial charge in [0.1, 0.15) is 5.75 Å². The predicted molar refractivity (Wildman–Crippen MR) is 92.8 cm³/mol. The Kier molecular flexibility index (Phi) is 4.88. The van der Waals surface area contributed by atoms with Crippen LogP contribution in [0, 0.1) is 0 Å². The third-order valence-electron chi connectivity index (χ3n) is 4.15. The zero-order valence-corrected chi connectivity index (χ0v) is 14.8. The summed E-state index contributed by atoms with van der Waals surface area (Å²) in [6, 6.07) is 11.4. The predicted octanol–water partition coefficient (Wildman–Crippen LogP) is 3.85. The van der Waals surface area contributed by atoms with E-state index in [9.17, 15) is 23.1 Å². The maximum absolute atomic E-state index is 13.6. The second-order valence-electron chi connectivity index (χ2n) is 5.89. The quantitative estimate of drug-likeness (QED) is 0.854. The van der Waals surface area contributed by atoms with Crippen LogP contribution < -0.4 is 4.74 Å². The first kappa shape index (κ1) is 19.2. The van der Waals surface area contributed by atoms with Crippen molar-refractivity contribution in [1.29, 1.82) is 0 Å². The van der Waals surface area contributed by atoms with Crippen molar-refractivity contribution in [3.05, 3.63) is 64.7 Å². The molecule has 0 saturated carbocycles. The smallest absolute Gasteiger partial charge is 0.438 e. The second-order valence-corrected chi connectivity index (χ2v) is 6.33. The Balaban J connectivity index is 2.01. The number of benzene rings is 2. The van der Waals surface area contributed by atoms with E-state index in [0.29, 0.717) is 16.3 Å². The van der Waals surface area contributed by atoms with Gasteiger partial charge in [0.25, 0.3) is 11.6 Å². The Morgan fingerprint density at radius 2 is 1.78 bits per heavy atom. The molecule has 1 aliphatic rings. The fourth-order valence-corrected chi connectivity index (χ4v) is 2.76. The fourth-order valence-electron chi connectivity index (χ4n) is 2.64. The third-order valence-corrected chi connectivity index (χ3v) is 4.40. The van der Waals surface area contributed by atoms with E-state index >= 15 is 0 Å². The molecule has 0 unspecified atom stereocenters. The minimum atomic E-state index is -5.10. The van der Waals surface area contributed by atoms with Gasteiger partial charge in [-0.15, -0.1) is 0 Å². The van der Waals surface area contributed by atoms with Crippen LogP contribution in [0.4, 0.5) is 13.2 Å². The molecule has 0 bridgehead atoms. The summed E-state index contributed by atoms with van der Waals surface area (Å²) in [6.45, 7) is 0. The van der Waals surface area contributed by atoms with Crippen LogP contribution in [-0.4, -0.2) is 40.7 Å². The summed E-state index contributed by atoms with van der Waals surface area (Å²) in [5.74, 6) is -0.576. The lowest BCUT2D eigenvalue weighted by Gasteiger charge is -2.32. The molecule has 1 N–H and O–H groups in total. The van der Waals surface area contributed by atoms with Crippen LogP contribution in [0.3, 0.4) is 0 Å². The van der Waals surface area contributed by atoms with Crippen molar-refractivity contribution >= 4 is 23.2 Å². The lowest BCUT2D eigenvalue weighted by Crippen LogP contribution is -2.56. The SMILES string of the molecule is COc1ccc(C2=NN(C(=O)c3ccc(Cl)cc3)[C@@](O)(C(F)(F)F)C2)cc1. The van der Waals surface area contributed by atoms with Crippen LogP contribution in [0.5, 0.6) is 5.75 Å². The molecule has 1 aliphatic heterocycles. The van der Waals surface area contributed by atoms with E-state index in [4.69, 9.17) is 16.3 Å². The standard InChI is InChI=1S/C18H14ClF3N2O3/c1-27-14-8-4-11(5-9-14)15-10-17(26,18(20,21)22)24(23-15)16(25)12-2-6-13(19)7-3-12/h2-9,26H,10H2,1H3/t17-/m0/s1. The number of carbonyl (C=O) groups is 1. The highest BCUT2D eigenvalue weighted by atomic mass is 35.5. The van der Waals surface area contributed by atoms with Crippen molar-refractivity contribution in [3.63, 3.8) is 0 Å². The Labute approximate surface area is 157 Å². The minimum Gasteiger partial charge on any atom is -0.497 e. The number of amides is 1. The van der Waals surface area contributed by atoms with Gasteiger partial charge in [0.15, 0.2) is 0 Å². The van der Waals surface area contributed by atoms with E-state index in [1.807, 2.05) is 0 Å². The van der Waals surface area contributed by atoms with Gasteiger partial charge in [-0.05, 0) is 54.1 Å². The van der Waals surface area contributed by atoms with E-state index in [2.05, 4.69) is 5.10 Å². The van der Waals surface area contributed by atoms with Gasteiger partial charge in [0.05, 0.1) is 19.2 Å². The van der Waals surface area contributed by atoms with Crippen LogP contribution in [0.25, 0.3) is 0 Å². The second kappa shape index (κ2) is 6.86. The number of carbonyl (C=O) groups excluding carboxylic acids is 1. The number of rotatable bonds is 3. The van der Waals surface area contributed by atoms with Gasteiger partial charge >= 0.3 is 6.18 Å². The Hall–Kier alpha value is -2.58. The normalized spacial score (nSPS) is 19.8. The molecule has 142 valence electrons. The first-order valence-corrected chi connectivity index (χ1v) is 8.14. The molecule has 1 heterocycles. The highest BCUT2D eigenvalue weighted by Gasteiger charge is 2.63. The molecular weight excluding hydrogens is 385 g/mol. The number of methoxy groups -OCH3 is 1. The summed E-state index contributed by atoms with van der Waals surface area (Å²) >= 11 is 5.74. The first-order valence-electron chi connectivity index (χ1n) is 7.77. The molecular formula is C18H14ClF3N2O3. The molecule has 0 saturated heterocycles. The number of alkyl halides is 3. The van der Waals surface area contributed by atoms with Gasteiger partial charge in [0, 0.05) is 10.6 Å². The lowest BCUT2D eigenvalue weighted by molar-refractivity contribution is -0.297. The van der Waals surface area contributed by atoms with Crippen LogP contribution in [0.2, 0.25) is 5.02 Å². The Morgan fingerprint density at radius 3 is 2.30 bits per heavy atom. The largest absolute Gasteiger partial charge is 0.497 e. The van der Waals surface area contributed by atoms with E-state index in [1.54, 1.807) is 12.1 Å². The highest BCUT2D eigenvalue weighted by molar-refractivity contribution is 6.30. The maximum Gasteiger partial charge on any atom is 0.438 e. The van der Waals surface area contributed by atoms with Gasteiger partial charge < -0.3 is 9.84 Å². The fraction of sp³-hybridized carbons (Fsp3) is 0.222. The summed E-state index contributed by atoms with van der Waals surface area (Å²) in [6.07, 6.45) is -5.99. The summed E-state index contributed by atoms with van der Waals surface area (Å²) in [4.78, 5) is 12.6. The number of aliphatic hydroxyl groups is 1. The third kappa shape index (κ3) is 3.50. The first-order chi connectivity index (χ1) is 12.7. The summed E-state index contributed by atoms with van der Waals surface area (Å²) in [5.41, 5.74) is -3.26. The van der Waals surface area contributed by atoms with Gasteiger partial charge in [-0.2, -0.15) is 23.3 Å². The van der Waals surface area contributed by atoms with Crippen LogP contribution in [0.1, 0.15) is 22.3 Å². The molecule has 0 aromatic heterocycles. The van der Waals surface area contributed by atoms with Crippen LogP contribution >= 0.6 is 11.6 Å². The number of halogens is 4. The van der Waals surface area contributed by atoms with Gasteiger partial charge in [-0.3, -0.25) is 4.79 Å². The van der Waals surface area contributed by atoms with E-state index in [-0.39, 0.29) is 16.3 Å². The van der Waals surface area contributed by atoms with Crippen molar-refractivity contribution < 1.29 is 27.8 Å². The van der Waals surface area contributed by atoms with E-state index < -0.39 is 24.2 Å². The monoisotopic (exact) mass is 398 g/mol. The molecule has 2 aromatic carbocycles. The molecule has 0 spiro atoms. The van der Waals surface area contributed by atoms with Gasteiger partial charge in [-0.1, -0.05) is 11.6 Å². The van der Waals surface area contributed by atoms with Crippen molar-refractivity contribution in [2.75, 3.05) is 7.11 Å². The number of hydrogen-bond acceptors (Lipinski definition) is 4. The molecule has 0 fully saturated rings. The van der Waals surface area contributed by atoms with Crippen molar-refractivity contribution in [3.8, 4) is 5.75 Å². The average Bonchev–Trinajstić information content (AvgIpc) is 3.01. The maximum atomic E-state index is 13.6. The lowest BCUT2D eigenvalue weighted by atomic mass is 10.0. The topological polar surface area (TPSA) is 62.1 Å². The summed E-state index contributed by atoms with van der Waals surface area (Å²) < 4.78 is 45.8. The molecule has 2 aromatic rings. The van der Waals surface area contributed by atoms with Crippen LogP contribution in [-0.2, 0) is 0 Å². The molecule has 5 nitrogen and oxygen atoms in total. The molecule has 1 atom stereocenters. The van der Waals surface area contributed by atoms with E-state index in [0.717, 1.165) is 0 Å². The molecule has 9 heteroatoms. The molecule has 3 rings (SSSR count). The molecule has 27 heavy (non-hydrogen) atoms. The number of nitrogens with zero attached hydrogens (tertiary/aromatic N) is 2. The molecule has 1 amide bonds. The number of hydrogen-bond donors (Lipinski definition) is 1. The summed E-state index contributed by atoms with van der Waals surface area (Å²) in [7, 11) is 1.46. The number of hydrazone groups is 1. The van der Waals surface area contributed by atoms with Gasteiger partial charge in [0.2, 0.25) is 0 Å². The highest BCUT2D eigenvalue weighted by Crippen LogP contribution is 2.42. The minimum absolute atomic E-state index is 0.0696. The zero-order valence-electron chi connectivity index (χ0n) is 14.0. The Morgan fingerprint density at radius 1 is 1.19 bits per heavy atom. The average molecular weight is 399 g/mol. The number of ether oxygens (including phenoxy) is 1. The summed E-state index contributed by atoms with van der Waals surface area (Å²) in [5, 5.41) is 14.5. The van der Waals surface area contributed by atoms with Gasteiger partial charge in [-0.25, -0.2) is 0 Å². The van der Waals surface area contributed by atoms with Crippen molar-refractivity contribution in [2.45, 2.75) is 18.3 Å². The molecule has 0 radical (unpaired) electrons. The molecule has 0 aliphatic carbocycles. The van der Waals surface area contributed by atoms with Crippen LogP contribution in [0.15, 0.2) is 53.6 Å². The zero-order chi connectivity index (χ0) is 19.8.